The lowest BCUT2D eigenvalue weighted by atomic mass is 9.87. The zero-order valence-corrected chi connectivity index (χ0v) is 20.0. The number of ether oxygens (including phenoxy) is 1. The molecule has 1 aliphatic carbocycles. The van der Waals surface area contributed by atoms with E-state index >= 15 is 0 Å². The first-order valence-corrected chi connectivity index (χ1v) is 11.6. The van der Waals surface area contributed by atoms with Crippen molar-refractivity contribution in [3.63, 3.8) is 0 Å². The van der Waals surface area contributed by atoms with E-state index < -0.39 is 23.0 Å². The third-order valence-corrected chi connectivity index (χ3v) is 5.91. The molecule has 0 saturated heterocycles. The number of nitrogens with zero attached hydrogens (tertiary/aromatic N) is 1. The number of unbranched alkanes of at least 4 members (excludes halogenated alkanes) is 1. The van der Waals surface area contributed by atoms with Crippen LogP contribution >= 0.6 is 0 Å². The number of hydrogen-bond acceptors (Lipinski definition) is 3. The fourth-order valence-corrected chi connectivity index (χ4v) is 3.98. The molecule has 0 heterocycles. The Morgan fingerprint density at radius 1 is 1.15 bits per heavy atom. The fraction of sp³-hybridized carbons (Fsp3) is 0.357. The van der Waals surface area contributed by atoms with Crippen molar-refractivity contribution in [2.24, 2.45) is 0 Å². The van der Waals surface area contributed by atoms with Crippen LogP contribution in [0, 0.1) is 5.82 Å². The quantitative estimate of drug-likeness (QED) is 0.467. The van der Waals surface area contributed by atoms with Crippen LogP contribution in [0.5, 0.6) is 0 Å². The normalized spacial score (nSPS) is 17.8. The summed E-state index contributed by atoms with van der Waals surface area (Å²) in [7, 11) is 0. The Labute approximate surface area is 200 Å². The van der Waals surface area contributed by atoms with Gasteiger partial charge in [-0.05, 0) is 49.6 Å². The topological polar surface area (TPSA) is 66.8 Å². The number of aliphatic carboxylic acids is 1. The fourth-order valence-electron chi connectivity index (χ4n) is 3.98. The molecule has 180 valence electrons. The van der Waals surface area contributed by atoms with Gasteiger partial charge in [0.05, 0.1) is 6.54 Å². The van der Waals surface area contributed by atoms with Crippen LogP contribution in [-0.4, -0.2) is 34.7 Å². The molecule has 0 bridgehead atoms. The number of rotatable bonds is 10. The molecule has 0 fully saturated rings. The molecule has 1 N–H and O–H groups in total. The van der Waals surface area contributed by atoms with E-state index in [1.807, 2.05) is 55.5 Å². The van der Waals surface area contributed by atoms with Crippen LogP contribution in [0.1, 0.15) is 52.0 Å². The number of amides is 1. The summed E-state index contributed by atoms with van der Waals surface area (Å²) in [4.78, 5) is 26.6. The average Bonchev–Trinajstić information content (AvgIpc) is 2.82. The maximum absolute atomic E-state index is 14.1. The van der Waals surface area contributed by atoms with E-state index in [1.54, 1.807) is 12.1 Å². The molecule has 2 aromatic rings. The van der Waals surface area contributed by atoms with Gasteiger partial charge in [-0.15, -0.1) is 0 Å². The summed E-state index contributed by atoms with van der Waals surface area (Å²) in [5.74, 6) is -1.71. The van der Waals surface area contributed by atoms with Crippen molar-refractivity contribution in [1.82, 2.24) is 0 Å². The predicted octanol–water partition coefficient (Wildman–Crippen LogP) is 6.01. The molecule has 0 saturated carbocycles. The van der Waals surface area contributed by atoms with Gasteiger partial charge in [-0.3, -0.25) is 4.79 Å². The van der Waals surface area contributed by atoms with Gasteiger partial charge in [0.2, 0.25) is 5.91 Å². The molecule has 34 heavy (non-hydrogen) atoms. The van der Waals surface area contributed by atoms with Crippen molar-refractivity contribution in [3.05, 3.63) is 84.2 Å². The second-order valence-electron chi connectivity index (χ2n) is 9.11. The van der Waals surface area contributed by atoms with E-state index in [2.05, 4.69) is 0 Å². The number of anilines is 1. The largest absolute Gasteiger partial charge is 0.479 e. The number of benzene rings is 2. The van der Waals surface area contributed by atoms with Gasteiger partial charge in [0, 0.05) is 18.5 Å². The van der Waals surface area contributed by atoms with Crippen molar-refractivity contribution in [2.75, 3.05) is 11.4 Å². The molecule has 0 radical (unpaired) electrons. The molecule has 0 aromatic heterocycles. The van der Waals surface area contributed by atoms with Crippen molar-refractivity contribution in [1.29, 1.82) is 0 Å². The first kappa shape index (κ1) is 25.4. The predicted molar refractivity (Wildman–Crippen MR) is 132 cm³/mol. The number of carbonyl (C=O) groups is 2. The van der Waals surface area contributed by atoms with Gasteiger partial charge in [0.15, 0.2) is 5.60 Å². The maximum Gasteiger partial charge on any atom is 0.335 e. The standard InChI is InChI=1S/C28H32FNO4/c1-4-5-14-25(31)30(24-13-9-12-23(29)19-24)20-28(34-27(2,3)26(32)33)17-15-22(16-18-28)21-10-7-6-8-11-21/h6-13,15-17,19H,4-5,14,18,20H2,1-3H3,(H,32,33). The Hall–Kier alpha value is -3.25. The third kappa shape index (κ3) is 6.20. The number of carbonyl (C=O) groups excluding carboxylic acids is 1. The highest BCUT2D eigenvalue weighted by Gasteiger charge is 2.42. The summed E-state index contributed by atoms with van der Waals surface area (Å²) in [5.41, 5.74) is -0.159. The molecule has 1 atom stereocenters. The monoisotopic (exact) mass is 465 g/mol. The van der Waals surface area contributed by atoms with Gasteiger partial charge in [-0.25, -0.2) is 9.18 Å². The first-order valence-electron chi connectivity index (χ1n) is 11.6. The number of hydrogen-bond donors (Lipinski definition) is 1. The van der Waals surface area contributed by atoms with E-state index in [-0.39, 0.29) is 12.5 Å². The lowest BCUT2D eigenvalue weighted by molar-refractivity contribution is -0.176. The molecule has 0 spiro atoms. The highest BCUT2D eigenvalue weighted by atomic mass is 19.1. The van der Waals surface area contributed by atoms with Crippen molar-refractivity contribution >= 4 is 23.1 Å². The SMILES string of the molecule is CCCCC(=O)N(CC1(OC(C)(C)C(=O)O)C=CC(c2ccccc2)=CC1)c1cccc(F)c1. The number of allylic oxidation sites excluding steroid dienone is 2. The van der Waals surface area contributed by atoms with Crippen LogP contribution in [0.15, 0.2) is 72.8 Å². The van der Waals surface area contributed by atoms with Crippen LogP contribution in [0.4, 0.5) is 10.1 Å². The van der Waals surface area contributed by atoms with E-state index in [1.165, 1.54) is 30.9 Å². The minimum Gasteiger partial charge on any atom is -0.479 e. The van der Waals surface area contributed by atoms with Gasteiger partial charge in [-0.2, -0.15) is 0 Å². The van der Waals surface area contributed by atoms with Gasteiger partial charge in [-0.1, -0.05) is 68.0 Å². The smallest absolute Gasteiger partial charge is 0.335 e. The minimum absolute atomic E-state index is 0.0603. The lowest BCUT2D eigenvalue weighted by Gasteiger charge is -2.41. The van der Waals surface area contributed by atoms with Crippen LogP contribution in [0.25, 0.3) is 5.57 Å². The summed E-state index contributed by atoms with van der Waals surface area (Å²) in [6, 6.07) is 15.7. The zero-order chi connectivity index (χ0) is 24.8. The summed E-state index contributed by atoms with van der Waals surface area (Å²) in [5, 5.41) is 9.73. The minimum atomic E-state index is -1.50. The van der Waals surface area contributed by atoms with Gasteiger partial charge in [0.25, 0.3) is 0 Å². The van der Waals surface area contributed by atoms with Gasteiger partial charge >= 0.3 is 5.97 Å². The molecule has 3 rings (SSSR count). The molecule has 1 aliphatic rings. The van der Waals surface area contributed by atoms with Crippen LogP contribution in [0.2, 0.25) is 0 Å². The highest BCUT2D eigenvalue weighted by molar-refractivity contribution is 5.93. The molecule has 1 unspecified atom stereocenters. The second-order valence-corrected chi connectivity index (χ2v) is 9.11. The molecule has 6 heteroatoms. The first-order chi connectivity index (χ1) is 16.2. The summed E-state index contributed by atoms with van der Waals surface area (Å²) in [6.07, 6.45) is 7.94. The number of halogens is 1. The number of carboxylic acid groups (broad SMARTS) is 1. The molecule has 1 amide bonds. The molecular formula is C28H32FNO4. The summed E-state index contributed by atoms with van der Waals surface area (Å²) < 4.78 is 20.3. The third-order valence-electron chi connectivity index (χ3n) is 5.91. The van der Waals surface area contributed by atoms with Gasteiger partial charge in [0.1, 0.15) is 11.4 Å². The second kappa shape index (κ2) is 10.8. The number of carboxylic acids is 1. The molecule has 5 nitrogen and oxygen atoms in total. The van der Waals surface area contributed by atoms with E-state index in [9.17, 15) is 19.1 Å². The van der Waals surface area contributed by atoms with Crippen molar-refractivity contribution in [2.45, 2.75) is 57.7 Å². The van der Waals surface area contributed by atoms with Crippen LogP contribution in [-0.2, 0) is 14.3 Å². The Kier molecular flexibility index (Phi) is 8.05. The van der Waals surface area contributed by atoms with Crippen LogP contribution in [0.3, 0.4) is 0 Å². The van der Waals surface area contributed by atoms with E-state index in [0.29, 0.717) is 24.9 Å². The van der Waals surface area contributed by atoms with Crippen LogP contribution < -0.4 is 4.90 Å². The lowest BCUT2D eigenvalue weighted by Crippen LogP contribution is -2.52. The molecule has 0 aliphatic heterocycles. The molecule has 2 aromatic carbocycles. The zero-order valence-electron chi connectivity index (χ0n) is 20.0. The van der Waals surface area contributed by atoms with E-state index in [0.717, 1.165) is 17.6 Å². The van der Waals surface area contributed by atoms with Crippen molar-refractivity contribution in [3.8, 4) is 0 Å². The van der Waals surface area contributed by atoms with Crippen molar-refractivity contribution < 1.29 is 23.8 Å². The highest BCUT2D eigenvalue weighted by Crippen LogP contribution is 2.35. The summed E-state index contributed by atoms with van der Waals surface area (Å²) in [6.45, 7) is 5.05. The average molecular weight is 466 g/mol. The summed E-state index contributed by atoms with van der Waals surface area (Å²) >= 11 is 0. The Bertz CT molecular complexity index is 1080. The van der Waals surface area contributed by atoms with Gasteiger partial charge < -0.3 is 14.7 Å². The maximum atomic E-state index is 14.1. The molecular weight excluding hydrogens is 433 g/mol. The Morgan fingerprint density at radius 2 is 1.88 bits per heavy atom. The Morgan fingerprint density at radius 3 is 2.47 bits per heavy atom. The Balaban J connectivity index is 1.99. The van der Waals surface area contributed by atoms with E-state index in [4.69, 9.17) is 4.74 Å².